The van der Waals surface area contributed by atoms with E-state index in [-0.39, 0.29) is 17.9 Å². The van der Waals surface area contributed by atoms with Gasteiger partial charge in [0.15, 0.2) is 0 Å². The first-order chi connectivity index (χ1) is 9.10. The van der Waals surface area contributed by atoms with Crippen LogP contribution in [0.1, 0.15) is 44.0 Å². The van der Waals surface area contributed by atoms with Crippen LogP contribution in [0.15, 0.2) is 36.7 Å². The van der Waals surface area contributed by atoms with E-state index >= 15 is 0 Å². The van der Waals surface area contributed by atoms with Crippen LogP contribution in [-0.2, 0) is 6.54 Å². The summed E-state index contributed by atoms with van der Waals surface area (Å²) in [6.07, 6.45) is 3.94. The van der Waals surface area contributed by atoms with Crippen molar-refractivity contribution in [2.75, 3.05) is 0 Å². The molecular formula is C15H20FN3. The molecule has 1 aromatic heterocycles. The maximum absolute atomic E-state index is 12.9. The number of benzene rings is 1. The largest absolute Gasteiger partial charge is 0.304 e. The van der Waals surface area contributed by atoms with Crippen LogP contribution < -0.4 is 5.32 Å². The Kier molecular flexibility index (Phi) is 4.32. The molecule has 2 aromatic rings. The van der Waals surface area contributed by atoms with Crippen molar-refractivity contribution in [1.29, 1.82) is 0 Å². The Morgan fingerprint density at radius 1 is 1.16 bits per heavy atom. The van der Waals surface area contributed by atoms with Gasteiger partial charge in [0.25, 0.3) is 0 Å². The van der Waals surface area contributed by atoms with Crippen molar-refractivity contribution in [1.82, 2.24) is 15.1 Å². The average molecular weight is 261 g/mol. The molecule has 0 aliphatic heterocycles. The Bertz CT molecular complexity index is 518. The maximum Gasteiger partial charge on any atom is 0.123 e. The summed E-state index contributed by atoms with van der Waals surface area (Å²) in [6.45, 7) is 7.13. The molecule has 0 bridgehead atoms. The van der Waals surface area contributed by atoms with E-state index < -0.39 is 0 Å². The third-order valence-electron chi connectivity index (χ3n) is 3.35. The molecule has 2 rings (SSSR count). The van der Waals surface area contributed by atoms with Gasteiger partial charge in [0.1, 0.15) is 5.82 Å². The molecule has 1 heterocycles. The predicted molar refractivity (Wildman–Crippen MR) is 74.3 cm³/mol. The van der Waals surface area contributed by atoms with E-state index in [4.69, 9.17) is 0 Å². The number of aryl methyl sites for hydroxylation is 1. The highest BCUT2D eigenvalue weighted by atomic mass is 19.1. The minimum atomic E-state index is -0.201. The molecular weight excluding hydrogens is 241 g/mol. The number of nitrogens with one attached hydrogen (secondary N) is 1. The molecule has 0 saturated heterocycles. The van der Waals surface area contributed by atoms with Gasteiger partial charge in [-0.25, -0.2) is 4.39 Å². The lowest BCUT2D eigenvalue weighted by atomic mass is 10.1. The molecule has 2 atom stereocenters. The zero-order valence-electron chi connectivity index (χ0n) is 11.6. The number of halogens is 1. The number of nitrogens with zero attached hydrogens (tertiary/aromatic N) is 2. The van der Waals surface area contributed by atoms with Crippen LogP contribution in [0.2, 0.25) is 0 Å². The summed E-state index contributed by atoms with van der Waals surface area (Å²) >= 11 is 0. The second kappa shape index (κ2) is 5.97. The molecule has 4 heteroatoms. The highest BCUT2D eigenvalue weighted by Crippen LogP contribution is 2.19. The van der Waals surface area contributed by atoms with E-state index in [9.17, 15) is 4.39 Å². The van der Waals surface area contributed by atoms with Crippen LogP contribution in [0.5, 0.6) is 0 Å². The van der Waals surface area contributed by atoms with E-state index in [1.807, 2.05) is 23.0 Å². The van der Waals surface area contributed by atoms with Crippen LogP contribution >= 0.6 is 0 Å². The van der Waals surface area contributed by atoms with Gasteiger partial charge in [0, 0.05) is 30.4 Å². The van der Waals surface area contributed by atoms with Crippen LogP contribution in [0, 0.1) is 5.82 Å². The van der Waals surface area contributed by atoms with Gasteiger partial charge < -0.3 is 5.32 Å². The fraction of sp³-hybridized carbons (Fsp3) is 0.400. The molecule has 0 radical (unpaired) electrons. The third kappa shape index (κ3) is 3.41. The summed E-state index contributed by atoms with van der Waals surface area (Å²) in [5, 5.41) is 7.77. The van der Waals surface area contributed by atoms with Gasteiger partial charge in [-0.1, -0.05) is 12.1 Å². The smallest absolute Gasteiger partial charge is 0.123 e. The fourth-order valence-corrected chi connectivity index (χ4v) is 2.10. The monoisotopic (exact) mass is 261 g/mol. The van der Waals surface area contributed by atoms with Gasteiger partial charge in [-0.2, -0.15) is 5.10 Å². The Morgan fingerprint density at radius 3 is 2.37 bits per heavy atom. The molecule has 3 nitrogen and oxygen atoms in total. The Morgan fingerprint density at radius 2 is 1.79 bits per heavy atom. The van der Waals surface area contributed by atoms with Gasteiger partial charge in [-0.3, -0.25) is 4.68 Å². The first kappa shape index (κ1) is 13.7. The standard InChI is InChI=1S/C15H20FN3/c1-4-19-10-14(9-17-19)12(3)18-11(2)13-5-7-15(16)8-6-13/h5-12,18H,4H2,1-3H3/t11-,12?/m1/s1. The lowest BCUT2D eigenvalue weighted by molar-refractivity contribution is 0.493. The normalized spacial score (nSPS) is 14.3. The minimum Gasteiger partial charge on any atom is -0.304 e. The molecule has 0 amide bonds. The number of hydrogen-bond donors (Lipinski definition) is 1. The van der Waals surface area contributed by atoms with Crippen LogP contribution in [0.3, 0.4) is 0 Å². The van der Waals surface area contributed by atoms with Crippen molar-refractivity contribution in [2.45, 2.75) is 39.4 Å². The molecule has 0 spiro atoms. The average Bonchev–Trinajstić information content (AvgIpc) is 2.88. The Balaban J connectivity index is 2.01. The molecule has 0 aliphatic rings. The van der Waals surface area contributed by atoms with Crippen LogP contribution in [0.25, 0.3) is 0 Å². The second-order valence-electron chi connectivity index (χ2n) is 4.79. The zero-order chi connectivity index (χ0) is 13.8. The van der Waals surface area contributed by atoms with Crippen LogP contribution in [-0.4, -0.2) is 9.78 Å². The second-order valence-corrected chi connectivity index (χ2v) is 4.79. The fourth-order valence-electron chi connectivity index (χ4n) is 2.10. The van der Waals surface area contributed by atoms with E-state index in [1.165, 1.54) is 12.1 Å². The summed E-state index contributed by atoms with van der Waals surface area (Å²) in [6, 6.07) is 6.99. The van der Waals surface area contributed by atoms with Crippen molar-refractivity contribution in [3.63, 3.8) is 0 Å². The molecule has 1 N–H and O–H groups in total. The maximum atomic E-state index is 12.9. The summed E-state index contributed by atoms with van der Waals surface area (Å²) < 4.78 is 14.8. The SMILES string of the molecule is CCn1cc(C(C)N[C@H](C)c2ccc(F)cc2)cn1. The molecule has 0 fully saturated rings. The summed E-state index contributed by atoms with van der Waals surface area (Å²) in [4.78, 5) is 0. The molecule has 0 aliphatic carbocycles. The first-order valence-corrected chi connectivity index (χ1v) is 6.64. The third-order valence-corrected chi connectivity index (χ3v) is 3.35. The quantitative estimate of drug-likeness (QED) is 0.893. The van der Waals surface area contributed by atoms with E-state index in [0.29, 0.717) is 0 Å². The van der Waals surface area contributed by atoms with Crippen molar-refractivity contribution < 1.29 is 4.39 Å². The Labute approximate surface area is 113 Å². The lowest BCUT2D eigenvalue weighted by Crippen LogP contribution is -2.22. The van der Waals surface area contributed by atoms with E-state index in [0.717, 1.165) is 17.7 Å². The van der Waals surface area contributed by atoms with Crippen molar-refractivity contribution in [2.24, 2.45) is 0 Å². The van der Waals surface area contributed by atoms with Crippen LogP contribution in [0.4, 0.5) is 4.39 Å². The van der Waals surface area contributed by atoms with E-state index in [1.54, 1.807) is 0 Å². The topological polar surface area (TPSA) is 29.9 Å². The van der Waals surface area contributed by atoms with Gasteiger partial charge in [0.05, 0.1) is 6.20 Å². The highest BCUT2D eigenvalue weighted by Gasteiger charge is 2.12. The number of aromatic nitrogens is 2. The van der Waals surface area contributed by atoms with Crippen molar-refractivity contribution in [3.05, 3.63) is 53.6 Å². The molecule has 19 heavy (non-hydrogen) atoms. The molecule has 1 aromatic carbocycles. The summed E-state index contributed by atoms with van der Waals surface area (Å²) in [5.41, 5.74) is 2.24. The van der Waals surface area contributed by atoms with Crippen molar-refractivity contribution >= 4 is 0 Å². The number of rotatable bonds is 5. The zero-order valence-corrected chi connectivity index (χ0v) is 11.6. The lowest BCUT2D eigenvalue weighted by Gasteiger charge is -2.19. The highest BCUT2D eigenvalue weighted by molar-refractivity contribution is 5.20. The van der Waals surface area contributed by atoms with Gasteiger partial charge in [-0.15, -0.1) is 0 Å². The summed E-state index contributed by atoms with van der Waals surface area (Å²) in [5.74, 6) is -0.201. The number of hydrogen-bond acceptors (Lipinski definition) is 2. The van der Waals surface area contributed by atoms with Gasteiger partial charge in [-0.05, 0) is 38.5 Å². The van der Waals surface area contributed by atoms with Gasteiger partial charge in [0.2, 0.25) is 0 Å². The predicted octanol–water partition coefficient (Wildman–Crippen LogP) is 3.45. The van der Waals surface area contributed by atoms with Gasteiger partial charge >= 0.3 is 0 Å². The minimum absolute atomic E-state index is 0.167. The molecule has 0 saturated carbocycles. The Hall–Kier alpha value is -1.68. The first-order valence-electron chi connectivity index (χ1n) is 6.64. The van der Waals surface area contributed by atoms with Crippen molar-refractivity contribution in [3.8, 4) is 0 Å². The van der Waals surface area contributed by atoms with E-state index in [2.05, 4.69) is 37.4 Å². The molecule has 1 unspecified atom stereocenters. The summed E-state index contributed by atoms with van der Waals surface area (Å²) in [7, 11) is 0. The molecule has 102 valence electrons.